The van der Waals surface area contributed by atoms with Crippen molar-refractivity contribution in [1.82, 2.24) is 14.7 Å². The second kappa shape index (κ2) is 7.61. The molecular weight excluding hydrogens is 340 g/mol. The lowest BCUT2D eigenvalue weighted by Gasteiger charge is -2.19. The fraction of sp³-hybridized carbons (Fsp3) is 0.286. The summed E-state index contributed by atoms with van der Waals surface area (Å²) in [6, 6.07) is 15.4. The quantitative estimate of drug-likeness (QED) is 0.698. The van der Waals surface area contributed by atoms with Gasteiger partial charge in [0, 0.05) is 38.8 Å². The second-order valence-corrected chi connectivity index (χ2v) is 6.90. The van der Waals surface area contributed by atoms with Gasteiger partial charge in [0.15, 0.2) is 0 Å². The topological polar surface area (TPSA) is 58.4 Å². The lowest BCUT2D eigenvalue weighted by atomic mass is 10.1. The molecule has 0 atom stereocenters. The van der Waals surface area contributed by atoms with E-state index in [1.807, 2.05) is 68.4 Å². The zero-order valence-electron chi connectivity index (χ0n) is 16.1. The molecule has 0 saturated heterocycles. The van der Waals surface area contributed by atoms with E-state index in [1.54, 1.807) is 18.0 Å². The van der Waals surface area contributed by atoms with Crippen molar-refractivity contribution in [3.8, 4) is 0 Å². The summed E-state index contributed by atoms with van der Waals surface area (Å²) in [5.41, 5.74) is 2.63. The maximum atomic E-state index is 12.6. The van der Waals surface area contributed by atoms with Crippen molar-refractivity contribution in [3.63, 3.8) is 0 Å². The molecule has 0 bridgehead atoms. The van der Waals surface area contributed by atoms with Gasteiger partial charge in [-0.1, -0.05) is 30.3 Å². The number of aromatic nitrogens is 2. The van der Waals surface area contributed by atoms with Crippen LogP contribution in [0.3, 0.4) is 0 Å². The van der Waals surface area contributed by atoms with Gasteiger partial charge in [0.05, 0.1) is 11.1 Å². The molecule has 0 aliphatic heterocycles. The number of carbonyl (C=O) groups excluding carboxylic acids is 1. The predicted molar refractivity (Wildman–Crippen MR) is 108 cm³/mol. The van der Waals surface area contributed by atoms with Crippen molar-refractivity contribution >= 4 is 22.4 Å². The third kappa shape index (κ3) is 4.00. The average Bonchev–Trinajstić information content (AvgIpc) is 2.66. The summed E-state index contributed by atoms with van der Waals surface area (Å²) in [5.74, 6) is -0.157. The Morgan fingerprint density at radius 1 is 1.00 bits per heavy atom. The van der Waals surface area contributed by atoms with Gasteiger partial charge in [0.25, 0.3) is 5.56 Å². The molecule has 2 aromatic carbocycles. The number of anilines is 1. The van der Waals surface area contributed by atoms with E-state index in [1.165, 1.54) is 4.68 Å². The van der Waals surface area contributed by atoms with Crippen molar-refractivity contribution in [3.05, 3.63) is 70.1 Å². The standard InChI is InChI=1S/C21H24N4O2/c1-15-18-7-5-6-8-19(18)21(27)25(22-15)14-20(26)24(4)13-16-9-11-17(12-10-16)23(2)3/h5-12H,13-14H2,1-4H3. The third-order valence-corrected chi connectivity index (χ3v) is 4.64. The van der Waals surface area contributed by atoms with Crippen molar-refractivity contribution in [2.45, 2.75) is 20.0 Å². The Hall–Kier alpha value is -3.15. The summed E-state index contributed by atoms with van der Waals surface area (Å²) in [6.07, 6.45) is 0. The Kier molecular flexibility index (Phi) is 5.26. The molecule has 0 fully saturated rings. The molecular formula is C21H24N4O2. The van der Waals surface area contributed by atoms with Crippen molar-refractivity contribution in [1.29, 1.82) is 0 Å². The van der Waals surface area contributed by atoms with E-state index in [0.29, 0.717) is 11.9 Å². The van der Waals surface area contributed by atoms with Crippen molar-refractivity contribution in [2.24, 2.45) is 0 Å². The van der Waals surface area contributed by atoms with Crippen LogP contribution in [0, 0.1) is 6.92 Å². The molecule has 3 rings (SSSR count). The third-order valence-electron chi connectivity index (χ3n) is 4.64. The van der Waals surface area contributed by atoms with Crippen LogP contribution in [0.1, 0.15) is 11.3 Å². The van der Waals surface area contributed by atoms with Gasteiger partial charge in [-0.25, -0.2) is 4.68 Å². The Labute approximate surface area is 158 Å². The zero-order chi connectivity index (χ0) is 19.6. The van der Waals surface area contributed by atoms with Gasteiger partial charge in [0.1, 0.15) is 6.54 Å². The Balaban J connectivity index is 1.76. The highest BCUT2D eigenvalue weighted by Gasteiger charge is 2.14. The van der Waals surface area contributed by atoms with Crippen LogP contribution in [-0.4, -0.2) is 41.7 Å². The SMILES string of the molecule is Cc1nn(CC(=O)N(C)Cc2ccc(N(C)C)cc2)c(=O)c2ccccc12. The fourth-order valence-electron chi connectivity index (χ4n) is 3.02. The van der Waals surface area contributed by atoms with Crippen LogP contribution in [-0.2, 0) is 17.9 Å². The summed E-state index contributed by atoms with van der Waals surface area (Å²) in [4.78, 5) is 28.9. The zero-order valence-corrected chi connectivity index (χ0v) is 16.1. The van der Waals surface area contributed by atoms with E-state index in [-0.39, 0.29) is 18.0 Å². The number of fused-ring (bicyclic) bond motifs is 1. The van der Waals surface area contributed by atoms with Crippen molar-refractivity contribution < 1.29 is 4.79 Å². The number of likely N-dealkylation sites (N-methyl/N-ethyl adjacent to an activating group) is 1. The molecule has 1 amide bonds. The summed E-state index contributed by atoms with van der Waals surface area (Å²) < 4.78 is 1.26. The number of aryl methyl sites for hydroxylation is 1. The highest BCUT2D eigenvalue weighted by Crippen LogP contribution is 2.14. The number of hydrogen-bond donors (Lipinski definition) is 0. The van der Waals surface area contributed by atoms with Gasteiger partial charge in [-0.05, 0) is 30.7 Å². The lowest BCUT2D eigenvalue weighted by molar-refractivity contribution is -0.131. The van der Waals surface area contributed by atoms with E-state index in [9.17, 15) is 9.59 Å². The molecule has 6 nitrogen and oxygen atoms in total. The first-order valence-electron chi connectivity index (χ1n) is 8.83. The number of nitrogens with zero attached hydrogens (tertiary/aromatic N) is 4. The molecule has 0 aliphatic rings. The van der Waals surface area contributed by atoms with Crippen LogP contribution in [0.15, 0.2) is 53.3 Å². The minimum atomic E-state index is -0.242. The molecule has 0 saturated carbocycles. The second-order valence-electron chi connectivity index (χ2n) is 6.90. The average molecular weight is 364 g/mol. The van der Waals surface area contributed by atoms with E-state index >= 15 is 0 Å². The van der Waals surface area contributed by atoms with Gasteiger partial charge in [0.2, 0.25) is 5.91 Å². The molecule has 27 heavy (non-hydrogen) atoms. The number of amides is 1. The molecule has 0 radical (unpaired) electrons. The van der Waals surface area contributed by atoms with E-state index < -0.39 is 0 Å². The highest BCUT2D eigenvalue weighted by molar-refractivity contribution is 5.83. The molecule has 0 unspecified atom stereocenters. The lowest BCUT2D eigenvalue weighted by Crippen LogP contribution is -2.35. The van der Waals surface area contributed by atoms with Crippen LogP contribution in [0.4, 0.5) is 5.69 Å². The minimum absolute atomic E-state index is 0.0726. The number of carbonyl (C=O) groups is 1. The normalized spacial score (nSPS) is 10.8. The van der Waals surface area contributed by atoms with Crippen LogP contribution < -0.4 is 10.5 Å². The predicted octanol–water partition coefficient (Wildman–Crippen LogP) is 2.43. The van der Waals surface area contributed by atoms with Crippen LogP contribution >= 0.6 is 0 Å². The van der Waals surface area contributed by atoms with Crippen LogP contribution in [0.5, 0.6) is 0 Å². The van der Waals surface area contributed by atoms with Gasteiger partial charge in [-0.15, -0.1) is 0 Å². The van der Waals surface area contributed by atoms with Crippen LogP contribution in [0.2, 0.25) is 0 Å². The monoisotopic (exact) mass is 364 g/mol. The summed E-state index contributed by atoms with van der Waals surface area (Å²) in [5, 5.41) is 5.72. The molecule has 0 spiro atoms. The maximum Gasteiger partial charge on any atom is 0.275 e. The van der Waals surface area contributed by atoms with Gasteiger partial charge in [-0.3, -0.25) is 9.59 Å². The molecule has 6 heteroatoms. The highest BCUT2D eigenvalue weighted by atomic mass is 16.2. The minimum Gasteiger partial charge on any atom is -0.378 e. The van der Waals surface area contributed by atoms with Gasteiger partial charge >= 0.3 is 0 Å². The van der Waals surface area contributed by atoms with E-state index in [4.69, 9.17) is 0 Å². The maximum absolute atomic E-state index is 12.6. The van der Waals surface area contributed by atoms with Gasteiger partial charge in [-0.2, -0.15) is 5.10 Å². The fourth-order valence-corrected chi connectivity index (χ4v) is 3.02. The van der Waals surface area contributed by atoms with Crippen LogP contribution in [0.25, 0.3) is 10.8 Å². The molecule has 3 aromatic rings. The summed E-state index contributed by atoms with van der Waals surface area (Å²) in [7, 11) is 5.71. The smallest absolute Gasteiger partial charge is 0.275 e. The van der Waals surface area contributed by atoms with E-state index in [2.05, 4.69) is 5.10 Å². The molecule has 1 heterocycles. The van der Waals surface area contributed by atoms with Gasteiger partial charge < -0.3 is 9.80 Å². The summed E-state index contributed by atoms with van der Waals surface area (Å²) >= 11 is 0. The van der Waals surface area contributed by atoms with Crippen molar-refractivity contribution in [2.75, 3.05) is 26.0 Å². The molecule has 0 aliphatic carbocycles. The first kappa shape index (κ1) is 18.6. The molecule has 0 N–H and O–H groups in total. The molecule has 1 aromatic heterocycles. The first-order valence-corrected chi connectivity index (χ1v) is 8.83. The molecule has 140 valence electrons. The number of rotatable bonds is 5. The Bertz CT molecular complexity index is 1020. The number of benzene rings is 2. The summed E-state index contributed by atoms with van der Waals surface area (Å²) in [6.45, 7) is 2.25. The van der Waals surface area contributed by atoms with E-state index in [0.717, 1.165) is 22.3 Å². The Morgan fingerprint density at radius 2 is 1.63 bits per heavy atom. The Morgan fingerprint density at radius 3 is 2.26 bits per heavy atom. The first-order chi connectivity index (χ1) is 12.9. The number of hydrogen-bond acceptors (Lipinski definition) is 4. The largest absolute Gasteiger partial charge is 0.378 e.